The average molecular weight is 427 g/mol. The van der Waals surface area contributed by atoms with Gasteiger partial charge in [-0.1, -0.05) is 31.2 Å². The standard InChI is InChI=1S/C20H20N4O3S.C2H6/c1-13-4-5-15(10-14(13)2)18-7-6-17(20(21-18)27-3)19-11-24(23-22-19)16-8-9-28(25,26)12-16;1-2/h4-11,16H,12H2,1-3H3;1-2H3. The number of pyridine rings is 1. The number of aryl methyl sites for hydroxylation is 2. The Morgan fingerprint density at radius 3 is 2.47 bits per heavy atom. The van der Waals surface area contributed by atoms with Crippen LogP contribution in [0, 0.1) is 13.8 Å². The van der Waals surface area contributed by atoms with E-state index in [9.17, 15) is 8.42 Å². The molecule has 0 spiro atoms. The second-order valence-corrected chi connectivity index (χ2v) is 8.79. The third kappa shape index (κ3) is 4.43. The van der Waals surface area contributed by atoms with Crippen molar-refractivity contribution in [2.75, 3.05) is 12.9 Å². The van der Waals surface area contributed by atoms with Crippen molar-refractivity contribution < 1.29 is 13.2 Å². The zero-order valence-corrected chi connectivity index (χ0v) is 18.6. The minimum absolute atomic E-state index is 0.00308. The molecule has 1 aliphatic heterocycles. The Bertz CT molecular complexity index is 1180. The van der Waals surface area contributed by atoms with Gasteiger partial charge >= 0.3 is 0 Å². The summed E-state index contributed by atoms with van der Waals surface area (Å²) in [4.78, 5) is 4.63. The molecule has 30 heavy (non-hydrogen) atoms. The van der Waals surface area contributed by atoms with Crippen molar-refractivity contribution in [3.8, 4) is 28.4 Å². The zero-order valence-electron chi connectivity index (χ0n) is 17.8. The van der Waals surface area contributed by atoms with E-state index in [1.807, 2.05) is 32.0 Å². The molecule has 1 aromatic carbocycles. The maximum Gasteiger partial charge on any atom is 0.223 e. The summed E-state index contributed by atoms with van der Waals surface area (Å²) in [6, 6.07) is 9.67. The summed E-state index contributed by atoms with van der Waals surface area (Å²) < 4.78 is 30.3. The molecule has 0 radical (unpaired) electrons. The van der Waals surface area contributed by atoms with E-state index in [1.54, 1.807) is 24.1 Å². The smallest absolute Gasteiger partial charge is 0.223 e. The molecule has 2 aromatic heterocycles. The molecular weight excluding hydrogens is 400 g/mol. The van der Waals surface area contributed by atoms with Crippen molar-refractivity contribution in [3.63, 3.8) is 0 Å². The summed E-state index contributed by atoms with van der Waals surface area (Å²) in [7, 11) is -1.60. The van der Waals surface area contributed by atoms with Crippen LogP contribution >= 0.6 is 0 Å². The highest BCUT2D eigenvalue weighted by molar-refractivity contribution is 7.94. The molecule has 7 nitrogen and oxygen atoms in total. The third-order valence-electron chi connectivity index (χ3n) is 4.89. The second-order valence-electron chi connectivity index (χ2n) is 6.86. The van der Waals surface area contributed by atoms with Gasteiger partial charge in [0.2, 0.25) is 5.88 Å². The molecular formula is C22H26N4O3S. The molecule has 1 atom stereocenters. The molecule has 8 heteroatoms. The Kier molecular flexibility index (Phi) is 6.36. The quantitative estimate of drug-likeness (QED) is 0.623. The van der Waals surface area contributed by atoms with Gasteiger partial charge in [-0.05, 0) is 49.2 Å². The predicted octanol–water partition coefficient (Wildman–Crippen LogP) is 4.14. The number of ether oxygens (including phenoxy) is 1. The van der Waals surface area contributed by atoms with E-state index in [1.165, 1.54) is 16.5 Å². The van der Waals surface area contributed by atoms with Crippen LogP contribution in [-0.2, 0) is 9.84 Å². The van der Waals surface area contributed by atoms with Crippen LogP contribution in [0.5, 0.6) is 5.88 Å². The van der Waals surface area contributed by atoms with Crippen molar-refractivity contribution in [1.82, 2.24) is 20.0 Å². The van der Waals surface area contributed by atoms with Crippen molar-refractivity contribution in [2.45, 2.75) is 33.7 Å². The Balaban J connectivity index is 0.00000124. The first-order valence-electron chi connectivity index (χ1n) is 9.82. The lowest BCUT2D eigenvalue weighted by Crippen LogP contribution is -2.12. The van der Waals surface area contributed by atoms with Crippen molar-refractivity contribution in [3.05, 3.63) is 59.1 Å². The molecule has 4 rings (SSSR count). The summed E-state index contributed by atoms with van der Waals surface area (Å²) >= 11 is 0. The van der Waals surface area contributed by atoms with E-state index in [4.69, 9.17) is 4.74 Å². The number of hydrogen-bond donors (Lipinski definition) is 0. The SMILES string of the molecule is CC.COc1nc(-c2ccc(C)c(C)c2)ccc1-c1cn(C2C=CS(=O)(=O)C2)nn1. The fraction of sp³-hybridized carbons (Fsp3) is 0.318. The lowest BCUT2D eigenvalue weighted by atomic mass is 10.0. The second kappa shape index (κ2) is 8.79. The molecule has 0 amide bonds. The number of aromatic nitrogens is 4. The highest BCUT2D eigenvalue weighted by Gasteiger charge is 2.25. The molecule has 0 bridgehead atoms. The number of hydrogen-bond acceptors (Lipinski definition) is 6. The van der Waals surface area contributed by atoms with E-state index >= 15 is 0 Å². The number of rotatable bonds is 4. The first-order chi connectivity index (χ1) is 14.4. The fourth-order valence-corrected chi connectivity index (χ4v) is 4.41. The van der Waals surface area contributed by atoms with Gasteiger partial charge in [0, 0.05) is 11.0 Å². The Morgan fingerprint density at radius 2 is 1.83 bits per heavy atom. The summed E-state index contributed by atoms with van der Waals surface area (Å²) in [6.45, 7) is 8.14. The summed E-state index contributed by atoms with van der Waals surface area (Å²) in [5.74, 6) is 0.439. The topological polar surface area (TPSA) is 87.0 Å². The van der Waals surface area contributed by atoms with E-state index in [0.717, 1.165) is 11.3 Å². The molecule has 0 aliphatic carbocycles. The van der Waals surface area contributed by atoms with Crippen LogP contribution in [0.1, 0.15) is 31.0 Å². The molecule has 1 aliphatic rings. The first kappa shape index (κ1) is 21.7. The normalized spacial score (nSPS) is 16.8. The maximum atomic E-state index is 11.6. The van der Waals surface area contributed by atoms with Crippen LogP contribution in [0.2, 0.25) is 0 Å². The average Bonchev–Trinajstić information content (AvgIpc) is 3.37. The van der Waals surface area contributed by atoms with Crippen LogP contribution in [0.3, 0.4) is 0 Å². The van der Waals surface area contributed by atoms with Crippen LogP contribution in [-0.4, -0.2) is 41.3 Å². The lowest BCUT2D eigenvalue weighted by Gasteiger charge is -2.09. The Morgan fingerprint density at radius 1 is 1.07 bits per heavy atom. The maximum absolute atomic E-state index is 11.6. The zero-order chi connectivity index (χ0) is 21.9. The molecule has 0 fully saturated rings. The fourth-order valence-electron chi connectivity index (χ4n) is 3.14. The summed E-state index contributed by atoms with van der Waals surface area (Å²) in [6.07, 6.45) is 3.33. The molecule has 158 valence electrons. The van der Waals surface area contributed by atoms with E-state index in [2.05, 4.69) is 41.3 Å². The number of nitrogens with zero attached hydrogens (tertiary/aromatic N) is 4. The summed E-state index contributed by atoms with van der Waals surface area (Å²) in [5.41, 5.74) is 5.52. The van der Waals surface area contributed by atoms with E-state index in [-0.39, 0.29) is 11.8 Å². The van der Waals surface area contributed by atoms with Crippen molar-refractivity contribution >= 4 is 9.84 Å². The van der Waals surface area contributed by atoms with Gasteiger partial charge in [0.1, 0.15) is 5.69 Å². The minimum atomic E-state index is -3.16. The van der Waals surface area contributed by atoms with Crippen molar-refractivity contribution in [1.29, 1.82) is 0 Å². The molecule has 0 N–H and O–H groups in total. The van der Waals surface area contributed by atoms with Crippen LogP contribution < -0.4 is 4.74 Å². The van der Waals surface area contributed by atoms with Gasteiger partial charge in [0.25, 0.3) is 0 Å². The minimum Gasteiger partial charge on any atom is -0.480 e. The predicted molar refractivity (Wildman–Crippen MR) is 118 cm³/mol. The van der Waals surface area contributed by atoms with Crippen molar-refractivity contribution in [2.24, 2.45) is 0 Å². The number of methoxy groups -OCH3 is 1. The monoisotopic (exact) mass is 426 g/mol. The van der Waals surface area contributed by atoms with Gasteiger partial charge in [0.05, 0.1) is 36.4 Å². The molecule has 3 heterocycles. The van der Waals surface area contributed by atoms with Gasteiger partial charge in [-0.15, -0.1) is 5.10 Å². The Hall–Kier alpha value is -3.00. The van der Waals surface area contributed by atoms with Gasteiger partial charge in [0.15, 0.2) is 9.84 Å². The van der Waals surface area contributed by atoms with Gasteiger partial charge < -0.3 is 4.74 Å². The van der Waals surface area contributed by atoms with Gasteiger partial charge in [-0.3, -0.25) is 0 Å². The Labute approximate surface area is 177 Å². The highest BCUT2D eigenvalue weighted by atomic mass is 32.2. The lowest BCUT2D eigenvalue weighted by molar-refractivity contribution is 0.400. The summed E-state index contributed by atoms with van der Waals surface area (Å²) in [5, 5.41) is 9.49. The molecule has 0 saturated heterocycles. The molecule has 3 aromatic rings. The van der Waals surface area contributed by atoms with Crippen LogP contribution in [0.4, 0.5) is 0 Å². The largest absolute Gasteiger partial charge is 0.480 e. The van der Waals surface area contributed by atoms with Gasteiger partial charge in [-0.25, -0.2) is 18.1 Å². The first-order valence-corrected chi connectivity index (χ1v) is 11.5. The molecule has 1 unspecified atom stereocenters. The third-order valence-corrected chi connectivity index (χ3v) is 6.27. The highest BCUT2D eigenvalue weighted by Crippen LogP contribution is 2.31. The molecule has 0 saturated carbocycles. The van der Waals surface area contributed by atoms with Crippen LogP contribution in [0.25, 0.3) is 22.5 Å². The number of benzene rings is 1. The number of sulfone groups is 1. The number of allylic oxidation sites excluding steroid dienone is 1. The van der Waals surface area contributed by atoms with E-state index < -0.39 is 9.84 Å². The van der Waals surface area contributed by atoms with Gasteiger partial charge in [-0.2, -0.15) is 0 Å². The van der Waals surface area contributed by atoms with Crippen LogP contribution in [0.15, 0.2) is 48.0 Å². The van der Waals surface area contributed by atoms with E-state index in [0.29, 0.717) is 17.1 Å².